The van der Waals surface area contributed by atoms with Crippen molar-refractivity contribution in [3.05, 3.63) is 221 Å². The summed E-state index contributed by atoms with van der Waals surface area (Å²) in [7, 11) is 1.69. The van der Waals surface area contributed by atoms with Crippen molar-refractivity contribution in [2.45, 2.75) is 5.60 Å². The van der Waals surface area contributed by atoms with Gasteiger partial charge < -0.3 is 9.47 Å². The van der Waals surface area contributed by atoms with Crippen LogP contribution in [0.15, 0.2) is 182 Å². The van der Waals surface area contributed by atoms with E-state index >= 15 is 0 Å². The average Bonchev–Trinajstić information content (AvgIpc) is 3.53. The van der Waals surface area contributed by atoms with E-state index < -0.39 is 5.60 Å². The Kier molecular flexibility index (Phi) is 7.99. The second-order valence-electron chi connectivity index (χ2n) is 12.1. The summed E-state index contributed by atoms with van der Waals surface area (Å²) in [5.41, 5.74) is 12.7. The van der Waals surface area contributed by atoms with Gasteiger partial charge in [0.1, 0.15) is 11.5 Å². The minimum atomic E-state index is -0.930. The van der Waals surface area contributed by atoms with Crippen LogP contribution >= 0.6 is 0 Å². The lowest BCUT2D eigenvalue weighted by molar-refractivity contribution is 0.192. The molecular weight excluding hydrogens is 597 g/mol. The smallest absolute Gasteiger partial charge is 0.192 e. The molecule has 0 spiro atoms. The SMILES string of the molecule is COc1ccc(/C=C/c2ccc3c4c(ccc3c2)OC(c2ccccc2)(c2ccccc2)C4=C=C(c2ccccc2)c2ccccc2)cc1. The van der Waals surface area contributed by atoms with E-state index in [0.717, 1.165) is 72.4 Å². The van der Waals surface area contributed by atoms with Crippen LogP contribution in [0.2, 0.25) is 0 Å². The predicted octanol–water partition coefficient (Wildman–Crippen LogP) is 11.5. The fourth-order valence-corrected chi connectivity index (χ4v) is 6.79. The molecule has 0 atom stereocenters. The Morgan fingerprint density at radius 3 is 1.67 bits per heavy atom. The first-order valence-corrected chi connectivity index (χ1v) is 16.5. The normalized spacial score (nSPS) is 13.1. The zero-order chi connectivity index (χ0) is 33.0. The van der Waals surface area contributed by atoms with Gasteiger partial charge in [0.25, 0.3) is 0 Å². The molecule has 0 bridgehead atoms. The molecule has 2 heteroatoms. The first-order chi connectivity index (χ1) is 24.2. The van der Waals surface area contributed by atoms with Gasteiger partial charge in [0.15, 0.2) is 5.60 Å². The lowest BCUT2D eigenvalue weighted by Gasteiger charge is -2.31. The Bertz CT molecular complexity index is 2250. The molecule has 0 amide bonds. The number of benzene rings is 7. The zero-order valence-electron chi connectivity index (χ0n) is 27.2. The predicted molar refractivity (Wildman–Crippen MR) is 202 cm³/mol. The van der Waals surface area contributed by atoms with Crippen molar-refractivity contribution in [1.82, 2.24) is 0 Å². The fourth-order valence-electron chi connectivity index (χ4n) is 6.79. The molecule has 7 aromatic carbocycles. The Labute approximate surface area is 287 Å². The topological polar surface area (TPSA) is 18.5 Å². The van der Waals surface area contributed by atoms with Crippen LogP contribution in [0, 0.1) is 0 Å². The number of ether oxygens (including phenoxy) is 2. The highest BCUT2D eigenvalue weighted by molar-refractivity contribution is 6.03. The van der Waals surface area contributed by atoms with Crippen LogP contribution in [0.5, 0.6) is 11.5 Å². The van der Waals surface area contributed by atoms with Crippen molar-refractivity contribution in [1.29, 1.82) is 0 Å². The van der Waals surface area contributed by atoms with Crippen molar-refractivity contribution in [3.8, 4) is 11.5 Å². The standard InChI is InChI=1S/C47H34O2/c1-48-41-28-24-34(25-29-41)22-23-35-26-30-42-38(32-35)27-31-45-46(42)44(33-43(36-14-6-2-7-15-36)37-16-8-3-9-17-37)47(49-45,39-18-10-4-11-19-39)40-20-12-5-13-21-40/h2-32H,1H3/b23-22+. The van der Waals surface area contributed by atoms with Crippen LogP contribution in [0.1, 0.15) is 38.9 Å². The number of fused-ring (bicyclic) bond motifs is 3. The summed E-state index contributed by atoms with van der Waals surface area (Å²) in [4.78, 5) is 0. The van der Waals surface area contributed by atoms with E-state index in [1.54, 1.807) is 7.11 Å². The summed E-state index contributed by atoms with van der Waals surface area (Å²) in [6, 6.07) is 61.2. The highest BCUT2D eigenvalue weighted by atomic mass is 16.5. The Morgan fingerprint density at radius 2 is 1.10 bits per heavy atom. The summed E-state index contributed by atoms with van der Waals surface area (Å²) in [5, 5.41) is 2.26. The van der Waals surface area contributed by atoms with E-state index in [1.807, 2.05) is 12.1 Å². The molecule has 0 saturated carbocycles. The summed E-state index contributed by atoms with van der Waals surface area (Å²) >= 11 is 0. The number of rotatable bonds is 7. The second kappa shape index (κ2) is 13.0. The van der Waals surface area contributed by atoms with E-state index in [2.05, 4.69) is 182 Å². The van der Waals surface area contributed by atoms with Crippen LogP contribution in [-0.4, -0.2) is 7.11 Å². The molecule has 234 valence electrons. The lowest BCUT2D eigenvalue weighted by atomic mass is 9.77. The summed E-state index contributed by atoms with van der Waals surface area (Å²) in [6.45, 7) is 0. The Balaban J connectivity index is 1.41. The molecule has 1 heterocycles. The van der Waals surface area contributed by atoms with Gasteiger partial charge in [0, 0.05) is 22.3 Å². The largest absolute Gasteiger partial charge is 0.497 e. The number of hydrogen-bond donors (Lipinski definition) is 0. The van der Waals surface area contributed by atoms with Crippen LogP contribution < -0.4 is 9.47 Å². The third kappa shape index (κ3) is 5.65. The number of hydrogen-bond acceptors (Lipinski definition) is 2. The van der Waals surface area contributed by atoms with E-state index in [0.29, 0.717) is 0 Å². The van der Waals surface area contributed by atoms with Crippen LogP contribution in [0.25, 0.3) is 34.1 Å². The van der Waals surface area contributed by atoms with Crippen LogP contribution in [0.3, 0.4) is 0 Å². The monoisotopic (exact) mass is 630 g/mol. The molecule has 0 aromatic heterocycles. The van der Waals surface area contributed by atoms with E-state index in [9.17, 15) is 0 Å². The van der Waals surface area contributed by atoms with Gasteiger partial charge in [-0.25, -0.2) is 0 Å². The molecule has 0 fully saturated rings. The maximum Gasteiger partial charge on any atom is 0.192 e. The zero-order valence-corrected chi connectivity index (χ0v) is 27.2. The molecule has 49 heavy (non-hydrogen) atoms. The van der Waals surface area contributed by atoms with Gasteiger partial charge in [0.2, 0.25) is 0 Å². The molecule has 1 aliphatic heterocycles. The molecule has 8 rings (SSSR count). The van der Waals surface area contributed by atoms with Crippen LogP contribution in [0.4, 0.5) is 0 Å². The molecule has 7 aromatic rings. The van der Waals surface area contributed by atoms with E-state index in [4.69, 9.17) is 9.47 Å². The minimum absolute atomic E-state index is 0.838. The first-order valence-electron chi connectivity index (χ1n) is 16.5. The summed E-state index contributed by atoms with van der Waals surface area (Å²) in [6.07, 6.45) is 4.29. The van der Waals surface area contributed by atoms with Gasteiger partial charge in [-0.05, 0) is 57.3 Å². The second-order valence-corrected chi connectivity index (χ2v) is 12.1. The maximum absolute atomic E-state index is 7.28. The van der Waals surface area contributed by atoms with Crippen molar-refractivity contribution >= 4 is 34.1 Å². The Morgan fingerprint density at radius 1 is 0.571 bits per heavy atom. The Hall–Kier alpha value is -6.34. The third-order valence-electron chi connectivity index (χ3n) is 9.19. The van der Waals surface area contributed by atoms with Gasteiger partial charge in [-0.15, -0.1) is 5.73 Å². The minimum Gasteiger partial charge on any atom is -0.497 e. The lowest BCUT2D eigenvalue weighted by Crippen LogP contribution is -2.31. The third-order valence-corrected chi connectivity index (χ3v) is 9.19. The molecule has 2 nitrogen and oxygen atoms in total. The first kappa shape index (κ1) is 30.0. The van der Waals surface area contributed by atoms with E-state index in [-0.39, 0.29) is 0 Å². The van der Waals surface area contributed by atoms with Gasteiger partial charge in [-0.1, -0.05) is 164 Å². The average molecular weight is 631 g/mol. The molecule has 0 aliphatic carbocycles. The van der Waals surface area contributed by atoms with Gasteiger partial charge in [-0.2, -0.15) is 0 Å². The van der Waals surface area contributed by atoms with Gasteiger partial charge in [-0.3, -0.25) is 0 Å². The van der Waals surface area contributed by atoms with Gasteiger partial charge in [0.05, 0.1) is 12.7 Å². The highest BCUT2D eigenvalue weighted by Crippen LogP contribution is 2.55. The van der Waals surface area contributed by atoms with Gasteiger partial charge >= 0.3 is 0 Å². The molecule has 0 radical (unpaired) electrons. The summed E-state index contributed by atoms with van der Waals surface area (Å²) in [5.74, 6) is 1.69. The van der Waals surface area contributed by atoms with Crippen molar-refractivity contribution in [3.63, 3.8) is 0 Å². The van der Waals surface area contributed by atoms with Crippen LogP contribution in [-0.2, 0) is 5.60 Å². The molecule has 0 N–H and O–H groups in total. The molecule has 0 unspecified atom stereocenters. The molecular formula is C47H34O2. The highest BCUT2D eigenvalue weighted by Gasteiger charge is 2.48. The quantitative estimate of drug-likeness (QED) is 0.129. The molecule has 1 aliphatic rings. The van der Waals surface area contributed by atoms with E-state index in [1.165, 1.54) is 0 Å². The summed E-state index contributed by atoms with van der Waals surface area (Å²) < 4.78 is 12.6. The molecule has 0 saturated heterocycles. The van der Waals surface area contributed by atoms with Crippen molar-refractivity contribution < 1.29 is 9.47 Å². The fraction of sp³-hybridized carbons (Fsp3) is 0.0426. The maximum atomic E-state index is 7.28. The van der Waals surface area contributed by atoms with Crippen molar-refractivity contribution in [2.24, 2.45) is 0 Å². The number of methoxy groups -OCH3 is 1. The van der Waals surface area contributed by atoms with Crippen molar-refractivity contribution in [2.75, 3.05) is 7.11 Å².